The van der Waals surface area contributed by atoms with Crippen LogP contribution < -0.4 is 10.5 Å². The number of anilines is 1. The number of benzene rings is 2. The Hall–Kier alpha value is -1.37. The highest BCUT2D eigenvalue weighted by Gasteiger charge is 2.09. The summed E-state index contributed by atoms with van der Waals surface area (Å²) in [5.41, 5.74) is 2.17. The van der Waals surface area contributed by atoms with Gasteiger partial charge in [-0.2, -0.15) is 0 Å². The summed E-state index contributed by atoms with van der Waals surface area (Å²) in [6, 6.07) is 15.0. The highest BCUT2D eigenvalue weighted by molar-refractivity contribution is 9.10. The van der Waals surface area contributed by atoms with Crippen LogP contribution >= 0.6 is 15.9 Å². The lowest BCUT2D eigenvalue weighted by Crippen LogP contribution is -2.12. The van der Waals surface area contributed by atoms with Crippen molar-refractivity contribution in [3.05, 3.63) is 58.6 Å². The van der Waals surface area contributed by atoms with Crippen molar-refractivity contribution < 1.29 is 8.42 Å². The molecule has 0 heterocycles. The predicted octanol–water partition coefficient (Wildman–Crippen LogP) is 3.14. The number of rotatable bonds is 6. The second kappa shape index (κ2) is 7.06. The number of nitrogens with one attached hydrogen (secondary N) is 1. The predicted molar refractivity (Wildman–Crippen MR) is 88.8 cm³/mol. The summed E-state index contributed by atoms with van der Waals surface area (Å²) in [5.74, 6) is 0. The van der Waals surface area contributed by atoms with Gasteiger partial charge in [0.1, 0.15) is 0 Å². The van der Waals surface area contributed by atoms with E-state index in [0.29, 0.717) is 4.47 Å². The summed E-state index contributed by atoms with van der Waals surface area (Å²) in [6.07, 6.45) is 1.99. The van der Waals surface area contributed by atoms with E-state index in [2.05, 4.69) is 33.4 Å². The molecule has 0 unspecified atom stereocenters. The van der Waals surface area contributed by atoms with Crippen LogP contribution in [0.3, 0.4) is 0 Å². The Morgan fingerprint density at radius 2 is 1.81 bits per heavy atom. The summed E-state index contributed by atoms with van der Waals surface area (Å²) >= 11 is 3.35. The first-order valence-electron chi connectivity index (χ1n) is 6.57. The van der Waals surface area contributed by atoms with Gasteiger partial charge in [0.2, 0.25) is 10.0 Å². The molecule has 3 N–H and O–H groups in total. The highest BCUT2D eigenvalue weighted by Crippen LogP contribution is 2.25. The normalized spacial score (nSPS) is 11.3. The molecule has 0 spiro atoms. The van der Waals surface area contributed by atoms with Gasteiger partial charge in [-0.15, -0.1) is 0 Å². The first-order valence-corrected chi connectivity index (χ1v) is 8.91. The van der Waals surface area contributed by atoms with Gasteiger partial charge in [-0.1, -0.05) is 30.3 Å². The van der Waals surface area contributed by atoms with Gasteiger partial charge in [0.05, 0.1) is 4.90 Å². The second-order valence-electron chi connectivity index (χ2n) is 4.70. The Morgan fingerprint density at radius 1 is 1.10 bits per heavy atom. The number of sulfonamides is 1. The molecule has 0 saturated heterocycles. The summed E-state index contributed by atoms with van der Waals surface area (Å²) in [7, 11) is -3.66. The van der Waals surface area contributed by atoms with Crippen molar-refractivity contribution in [2.24, 2.45) is 5.14 Å². The van der Waals surface area contributed by atoms with E-state index in [1.165, 1.54) is 17.7 Å². The molecule has 0 amide bonds. The Balaban J connectivity index is 1.89. The molecule has 112 valence electrons. The Kier molecular flexibility index (Phi) is 5.39. The van der Waals surface area contributed by atoms with Crippen molar-refractivity contribution >= 4 is 31.6 Å². The van der Waals surface area contributed by atoms with Crippen molar-refractivity contribution in [3.63, 3.8) is 0 Å². The minimum atomic E-state index is -3.66. The van der Waals surface area contributed by atoms with Gasteiger partial charge in [-0.05, 0) is 52.5 Å². The van der Waals surface area contributed by atoms with E-state index in [-0.39, 0.29) is 4.90 Å². The molecule has 0 radical (unpaired) electrons. The Labute approximate surface area is 133 Å². The molecule has 0 atom stereocenters. The molecular weight excluding hydrogens is 352 g/mol. The fourth-order valence-corrected chi connectivity index (χ4v) is 3.19. The minimum Gasteiger partial charge on any atom is -0.384 e. The second-order valence-corrected chi connectivity index (χ2v) is 7.12. The third-order valence-corrected chi connectivity index (χ3v) is 4.64. The van der Waals surface area contributed by atoms with E-state index in [0.717, 1.165) is 25.1 Å². The SMILES string of the molecule is NS(=O)(=O)c1ccc(NCCCc2ccccc2)c(Br)c1. The van der Waals surface area contributed by atoms with Crippen LogP contribution in [0.25, 0.3) is 0 Å². The molecule has 4 nitrogen and oxygen atoms in total. The largest absolute Gasteiger partial charge is 0.384 e. The zero-order valence-electron chi connectivity index (χ0n) is 11.4. The summed E-state index contributed by atoms with van der Waals surface area (Å²) in [5, 5.41) is 8.37. The van der Waals surface area contributed by atoms with Crippen molar-refractivity contribution in [1.29, 1.82) is 0 Å². The fraction of sp³-hybridized carbons (Fsp3) is 0.200. The smallest absolute Gasteiger partial charge is 0.238 e. The van der Waals surface area contributed by atoms with Gasteiger partial charge in [-0.25, -0.2) is 13.6 Å². The molecule has 0 saturated carbocycles. The molecule has 0 aliphatic rings. The van der Waals surface area contributed by atoms with Crippen LogP contribution in [-0.2, 0) is 16.4 Å². The van der Waals surface area contributed by atoms with Crippen LogP contribution in [0.4, 0.5) is 5.69 Å². The van der Waals surface area contributed by atoms with E-state index in [1.807, 2.05) is 18.2 Å². The van der Waals surface area contributed by atoms with E-state index in [4.69, 9.17) is 5.14 Å². The molecule has 0 aliphatic carbocycles. The van der Waals surface area contributed by atoms with Crippen LogP contribution in [0, 0.1) is 0 Å². The maximum atomic E-state index is 11.3. The van der Waals surface area contributed by atoms with E-state index in [1.54, 1.807) is 6.07 Å². The maximum Gasteiger partial charge on any atom is 0.238 e. The monoisotopic (exact) mass is 368 g/mol. The molecule has 0 bridgehead atoms. The highest BCUT2D eigenvalue weighted by atomic mass is 79.9. The molecule has 2 aromatic rings. The average Bonchev–Trinajstić information content (AvgIpc) is 2.45. The lowest BCUT2D eigenvalue weighted by molar-refractivity contribution is 0.598. The van der Waals surface area contributed by atoms with Gasteiger partial charge in [0.25, 0.3) is 0 Å². The van der Waals surface area contributed by atoms with Crippen molar-refractivity contribution in [1.82, 2.24) is 0 Å². The van der Waals surface area contributed by atoms with E-state index >= 15 is 0 Å². The van der Waals surface area contributed by atoms with Gasteiger partial charge in [0, 0.05) is 16.7 Å². The quantitative estimate of drug-likeness (QED) is 0.769. The van der Waals surface area contributed by atoms with Gasteiger partial charge in [-0.3, -0.25) is 0 Å². The number of hydrogen-bond donors (Lipinski definition) is 2. The molecule has 2 aromatic carbocycles. The standard InChI is InChI=1S/C15H17BrN2O2S/c16-14-11-13(21(17,19)20)8-9-15(14)18-10-4-7-12-5-2-1-3-6-12/h1-3,5-6,8-9,11,18H,4,7,10H2,(H2,17,19,20). The van der Waals surface area contributed by atoms with Crippen molar-refractivity contribution in [3.8, 4) is 0 Å². The Bertz CT molecular complexity index is 703. The van der Waals surface area contributed by atoms with Crippen LogP contribution in [0.2, 0.25) is 0 Å². The zero-order chi connectivity index (χ0) is 15.3. The lowest BCUT2D eigenvalue weighted by atomic mass is 10.1. The van der Waals surface area contributed by atoms with E-state index in [9.17, 15) is 8.42 Å². The molecule has 0 aliphatic heterocycles. The topological polar surface area (TPSA) is 72.2 Å². The van der Waals surface area contributed by atoms with Gasteiger partial charge in [0.15, 0.2) is 0 Å². The lowest BCUT2D eigenvalue weighted by Gasteiger charge is -2.09. The molecule has 2 rings (SSSR count). The summed E-state index contributed by atoms with van der Waals surface area (Å²) in [4.78, 5) is 0.101. The molecule has 0 fully saturated rings. The number of aryl methyl sites for hydroxylation is 1. The molecule has 6 heteroatoms. The molecular formula is C15H17BrN2O2S. The minimum absolute atomic E-state index is 0.101. The Morgan fingerprint density at radius 3 is 2.43 bits per heavy atom. The number of halogens is 1. The van der Waals surface area contributed by atoms with Crippen LogP contribution in [0.5, 0.6) is 0 Å². The maximum absolute atomic E-state index is 11.3. The van der Waals surface area contributed by atoms with Crippen molar-refractivity contribution in [2.75, 3.05) is 11.9 Å². The average molecular weight is 369 g/mol. The molecule has 0 aromatic heterocycles. The first kappa shape index (κ1) is 16.0. The number of primary sulfonamides is 1. The third-order valence-electron chi connectivity index (χ3n) is 3.07. The fourth-order valence-electron chi connectivity index (χ4n) is 1.98. The van der Waals surface area contributed by atoms with Crippen LogP contribution in [-0.4, -0.2) is 15.0 Å². The summed E-state index contributed by atoms with van der Waals surface area (Å²) < 4.78 is 23.2. The van der Waals surface area contributed by atoms with Gasteiger partial charge < -0.3 is 5.32 Å². The van der Waals surface area contributed by atoms with Crippen LogP contribution in [0.15, 0.2) is 57.9 Å². The number of nitrogens with two attached hydrogens (primary N) is 1. The van der Waals surface area contributed by atoms with Gasteiger partial charge >= 0.3 is 0 Å². The zero-order valence-corrected chi connectivity index (χ0v) is 13.8. The van der Waals surface area contributed by atoms with Crippen LogP contribution in [0.1, 0.15) is 12.0 Å². The first-order chi connectivity index (χ1) is 9.97. The number of hydrogen-bond acceptors (Lipinski definition) is 3. The third kappa shape index (κ3) is 4.84. The summed E-state index contributed by atoms with van der Waals surface area (Å²) in [6.45, 7) is 0.808. The van der Waals surface area contributed by atoms with E-state index < -0.39 is 10.0 Å². The molecule has 21 heavy (non-hydrogen) atoms. The van der Waals surface area contributed by atoms with Crippen molar-refractivity contribution in [2.45, 2.75) is 17.7 Å².